The molecule has 2 aromatic carbocycles. The number of nitrogens with one attached hydrogen (secondary N) is 1. The van der Waals surface area contributed by atoms with E-state index in [2.05, 4.69) is 4.98 Å². The van der Waals surface area contributed by atoms with Crippen LogP contribution in [-0.2, 0) is 9.59 Å². The molecule has 2 saturated heterocycles. The number of rotatable bonds is 4. The van der Waals surface area contributed by atoms with Gasteiger partial charge in [-0.25, -0.2) is 9.69 Å². The molecule has 0 radical (unpaired) electrons. The number of hydrogen-bond donors (Lipinski definition) is 1. The van der Waals surface area contributed by atoms with Crippen LogP contribution in [0.3, 0.4) is 0 Å². The van der Waals surface area contributed by atoms with Crippen LogP contribution < -0.4 is 4.90 Å². The highest BCUT2D eigenvalue weighted by Gasteiger charge is 2.42. The minimum Gasteiger partial charge on any atom is -0.360 e. The van der Waals surface area contributed by atoms with Crippen molar-refractivity contribution in [2.75, 3.05) is 24.5 Å². The largest absolute Gasteiger partial charge is 0.360 e. The Morgan fingerprint density at radius 3 is 2.34 bits per heavy atom. The molecule has 2 fully saturated rings. The number of carbonyl (C=O) groups is 4. The van der Waals surface area contributed by atoms with E-state index in [1.54, 1.807) is 35.4 Å². The summed E-state index contributed by atoms with van der Waals surface area (Å²) in [4.78, 5) is 58.4. The van der Waals surface area contributed by atoms with Crippen LogP contribution in [0.4, 0.5) is 10.5 Å². The van der Waals surface area contributed by atoms with Gasteiger partial charge in [-0.15, -0.1) is 0 Å². The SMILES string of the molecule is O=C(C(=O)N1CCC(N2CC(=O)N(c3ccccc3)C2=O)CC1)c1c[nH]c2ccccc12. The third-order valence-corrected chi connectivity index (χ3v) is 6.23. The van der Waals surface area contributed by atoms with Gasteiger partial charge in [0.2, 0.25) is 0 Å². The summed E-state index contributed by atoms with van der Waals surface area (Å²) in [5.74, 6) is -1.33. The molecule has 0 atom stereocenters. The van der Waals surface area contributed by atoms with Gasteiger partial charge in [-0.1, -0.05) is 36.4 Å². The van der Waals surface area contributed by atoms with Crippen molar-refractivity contribution < 1.29 is 19.2 Å². The molecule has 3 aromatic rings. The molecule has 0 saturated carbocycles. The first-order chi connectivity index (χ1) is 15.5. The number of hydrogen-bond acceptors (Lipinski definition) is 4. The van der Waals surface area contributed by atoms with Gasteiger partial charge in [0.05, 0.1) is 11.3 Å². The lowest BCUT2D eigenvalue weighted by molar-refractivity contribution is -0.128. The Labute approximate surface area is 184 Å². The van der Waals surface area contributed by atoms with Crippen LogP contribution in [0.5, 0.6) is 0 Å². The summed E-state index contributed by atoms with van der Waals surface area (Å²) in [6.07, 6.45) is 2.62. The molecular formula is C24H22N4O4. The van der Waals surface area contributed by atoms with Gasteiger partial charge in [-0.3, -0.25) is 14.4 Å². The van der Waals surface area contributed by atoms with Crippen molar-refractivity contribution in [3.8, 4) is 0 Å². The summed E-state index contributed by atoms with van der Waals surface area (Å²) in [6.45, 7) is 0.752. The smallest absolute Gasteiger partial charge is 0.332 e. The van der Waals surface area contributed by atoms with Gasteiger partial charge >= 0.3 is 6.03 Å². The van der Waals surface area contributed by atoms with Gasteiger partial charge in [-0.2, -0.15) is 0 Å². The Morgan fingerprint density at radius 1 is 0.906 bits per heavy atom. The number of aromatic amines is 1. The van der Waals surface area contributed by atoms with Crippen molar-refractivity contribution in [1.29, 1.82) is 0 Å². The second-order valence-electron chi connectivity index (χ2n) is 8.08. The number of imide groups is 1. The molecule has 0 aliphatic carbocycles. The molecular weight excluding hydrogens is 408 g/mol. The Bertz CT molecular complexity index is 1210. The van der Waals surface area contributed by atoms with E-state index < -0.39 is 11.7 Å². The molecule has 8 heteroatoms. The number of likely N-dealkylation sites (tertiary alicyclic amines) is 1. The third kappa shape index (κ3) is 3.33. The fourth-order valence-electron chi connectivity index (χ4n) is 4.53. The molecule has 2 aliphatic rings. The molecule has 3 heterocycles. The number of urea groups is 1. The highest BCUT2D eigenvalue weighted by atomic mass is 16.2. The van der Waals surface area contributed by atoms with Crippen LogP contribution in [-0.4, -0.2) is 64.1 Å². The second-order valence-corrected chi connectivity index (χ2v) is 8.08. The lowest BCUT2D eigenvalue weighted by atomic mass is 10.0. The molecule has 1 aromatic heterocycles. The summed E-state index contributed by atoms with van der Waals surface area (Å²) >= 11 is 0. The van der Waals surface area contributed by atoms with Gasteiger partial charge in [0, 0.05) is 36.2 Å². The number of para-hydroxylation sites is 2. The number of benzene rings is 2. The number of anilines is 1. The monoisotopic (exact) mass is 430 g/mol. The van der Waals surface area contributed by atoms with E-state index in [4.69, 9.17) is 0 Å². The molecule has 0 spiro atoms. The summed E-state index contributed by atoms with van der Waals surface area (Å²) in [6, 6.07) is 15.8. The number of carbonyl (C=O) groups excluding carboxylic acids is 4. The zero-order valence-electron chi connectivity index (χ0n) is 17.4. The molecule has 4 amide bonds. The average Bonchev–Trinajstić information content (AvgIpc) is 3.39. The van der Waals surface area contributed by atoms with Crippen LogP contribution in [0.15, 0.2) is 60.8 Å². The first-order valence-corrected chi connectivity index (χ1v) is 10.6. The van der Waals surface area contributed by atoms with E-state index in [1.165, 1.54) is 9.80 Å². The van der Waals surface area contributed by atoms with Crippen molar-refractivity contribution in [2.45, 2.75) is 18.9 Å². The highest BCUT2D eigenvalue weighted by Crippen LogP contribution is 2.27. The highest BCUT2D eigenvalue weighted by molar-refractivity contribution is 6.44. The molecule has 2 aliphatic heterocycles. The standard InChI is InChI=1S/C24H22N4O4/c29-21-15-27(24(32)28(21)17-6-2-1-3-7-17)16-10-12-26(13-11-16)23(31)22(30)19-14-25-20-9-5-4-8-18(19)20/h1-9,14,16,25H,10-13,15H2. The van der Waals surface area contributed by atoms with E-state index in [0.717, 1.165) is 10.9 Å². The van der Waals surface area contributed by atoms with Crippen LogP contribution in [0.2, 0.25) is 0 Å². The van der Waals surface area contributed by atoms with E-state index in [1.807, 2.05) is 30.3 Å². The Balaban J connectivity index is 1.24. The maximum atomic E-state index is 12.9. The summed E-state index contributed by atoms with van der Waals surface area (Å²) in [7, 11) is 0. The van der Waals surface area contributed by atoms with Crippen molar-refractivity contribution in [2.24, 2.45) is 0 Å². The van der Waals surface area contributed by atoms with Crippen LogP contribution in [0, 0.1) is 0 Å². The zero-order valence-corrected chi connectivity index (χ0v) is 17.4. The number of ketones is 1. The minimum absolute atomic E-state index is 0.0284. The second kappa shape index (κ2) is 7.96. The zero-order chi connectivity index (χ0) is 22.2. The fraction of sp³-hybridized carbons (Fsp3) is 0.250. The number of Topliss-reactive ketones (excluding diaryl/α,β-unsaturated/α-hetero) is 1. The van der Waals surface area contributed by atoms with Gasteiger partial charge < -0.3 is 14.8 Å². The number of nitrogens with zero attached hydrogens (tertiary/aromatic N) is 3. The average molecular weight is 430 g/mol. The summed E-state index contributed by atoms with van der Waals surface area (Å²) in [5, 5.41) is 0.725. The van der Waals surface area contributed by atoms with Gasteiger partial charge in [0.15, 0.2) is 0 Å². The van der Waals surface area contributed by atoms with E-state index >= 15 is 0 Å². The maximum absolute atomic E-state index is 12.9. The molecule has 0 unspecified atom stereocenters. The van der Waals surface area contributed by atoms with Crippen molar-refractivity contribution in [3.05, 3.63) is 66.4 Å². The first kappa shape index (κ1) is 20.0. The van der Waals surface area contributed by atoms with Crippen LogP contribution in [0.25, 0.3) is 10.9 Å². The Kier molecular flexibility index (Phi) is 4.97. The predicted molar refractivity (Wildman–Crippen MR) is 118 cm³/mol. The fourth-order valence-corrected chi connectivity index (χ4v) is 4.53. The van der Waals surface area contributed by atoms with Crippen molar-refractivity contribution >= 4 is 40.2 Å². The van der Waals surface area contributed by atoms with Gasteiger partial charge in [0.1, 0.15) is 6.54 Å². The lowest BCUT2D eigenvalue weighted by Gasteiger charge is -2.35. The Morgan fingerprint density at radius 2 is 1.59 bits per heavy atom. The van der Waals surface area contributed by atoms with Crippen LogP contribution >= 0.6 is 0 Å². The first-order valence-electron chi connectivity index (χ1n) is 10.6. The lowest BCUT2D eigenvalue weighted by Crippen LogP contribution is -2.49. The maximum Gasteiger partial charge on any atom is 0.332 e. The molecule has 0 bridgehead atoms. The van der Waals surface area contributed by atoms with E-state index in [9.17, 15) is 19.2 Å². The van der Waals surface area contributed by atoms with Gasteiger partial charge in [0.25, 0.3) is 17.6 Å². The summed E-state index contributed by atoms with van der Waals surface area (Å²) in [5.41, 5.74) is 1.73. The molecule has 32 heavy (non-hydrogen) atoms. The third-order valence-electron chi connectivity index (χ3n) is 6.23. The topological polar surface area (TPSA) is 93.8 Å². The normalized spacial score (nSPS) is 17.4. The summed E-state index contributed by atoms with van der Waals surface area (Å²) < 4.78 is 0. The Hall–Kier alpha value is -3.94. The van der Waals surface area contributed by atoms with Crippen LogP contribution in [0.1, 0.15) is 23.2 Å². The number of piperidine rings is 1. The number of fused-ring (bicyclic) bond motifs is 1. The molecule has 1 N–H and O–H groups in total. The van der Waals surface area contributed by atoms with E-state index in [0.29, 0.717) is 37.2 Å². The number of aromatic nitrogens is 1. The minimum atomic E-state index is -0.539. The predicted octanol–water partition coefficient (Wildman–Crippen LogP) is 2.81. The quantitative estimate of drug-likeness (QED) is 0.391. The molecule has 5 rings (SSSR count). The number of amides is 4. The van der Waals surface area contributed by atoms with E-state index in [-0.39, 0.29) is 24.5 Å². The van der Waals surface area contributed by atoms with Crippen molar-refractivity contribution in [3.63, 3.8) is 0 Å². The van der Waals surface area contributed by atoms with Gasteiger partial charge in [-0.05, 0) is 31.0 Å². The molecule has 8 nitrogen and oxygen atoms in total. The van der Waals surface area contributed by atoms with Crippen molar-refractivity contribution in [1.82, 2.24) is 14.8 Å². The number of H-pyrrole nitrogens is 1. The molecule has 162 valence electrons.